The van der Waals surface area contributed by atoms with Crippen LogP contribution in [-0.4, -0.2) is 23.4 Å². The zero-order chi connectivity index (χ0) is 10.0. The standard InChI is InChI=1S/C11H19NO/c1-8(2)11-6-5-7-12(9(11)3)10(4)13/h6,8-9H,5,7H2,1-4H3/t9-/m1/s1. The Balaban J connectivity index is 2.79. The second-order valence-electron chi connectivity index (χ2n) is 4.04. The molecule has 0 aromatic rings. The molecule has 2 heteroatoms. The largest absolute Gasteiger partial charge is 0.336 e. The van der Waals surface area contributed by atoms with Gasteiger partial charge in [-0.1, -0.05) is 19.9 Å². The van der Waals surface area contributed by atoms with E-state index in [2.05, 4.69) is 26.8 Å². The molecule has 1 aliphatic heterocycles. The lowest BCUT2D eigenvalue weighted by molar-refractivity contribution is -0.130. The van der Waals surface area contributed by atoms with Crippen LogP contribution in [0.25, 0.3) is 0 Å². The van der Waals surface area contributed by atoms with Crippen LogP contribution < -0.4 is 0 Å². The molecule has 1 heterocycles. The van der Waals surface area contributed by atoms with E-state index < -0.39 is 0 Å². The van der Waals surface area contributed by atoms with Crippen molar-refractivity contribution in [2.45, 2.75) is 40.2 Å². The van der Waals surface area contributed by atoms with E-state index >= 15 is 0 Å². The minimum Gasteiger partial charge on any atom is -0.336 e. The quantitative estimate of drug-likeness (QED) is 0.568. The summed E-state index contributed by atoms with van der Waals surface area (Å²) in [5.41, 5.74) is 1.40. The number of rotatable bonds is 1. The molecule has 0 aromatic carbocycles. The molecule has 0 unspecified atom stereocenters. The molecule has 74 valence electrons. The summed E-state index contributed by atoms with van der Waals surface area (Å²) < 4.78 is 0. The van der Waals surface area contributed by atoms with Crippen LogP contribution in [-0.2, 0) is 4.79 Å². The van der Waals surface area contributed by atoms with Crippen LogP contribution in [0, 0.1) is 5.92 Å². The van der Waals surface area contributed by atoms with E-state index in [1.54, 1.807) is 6.92 Å². The zero-order valence-corrected chi connectivity index (χ0v) is 9.00. The van der Waals surface area contributed by atoms with Crippen molar-refractivity contribution in [3.63, 3.8) is 0 Å². The molecule has 0 aliphatic carbocycles. The Labute approximate surface area is 80.6 Å². The first kappa shape index (κ1) is 10.3. The van der Waals surface area contributed by atoms with Gasteiger partial charge >= 0.3 is 0 Å². The maximum Gasteiger partial charge on any atom is 0.219 e. The van der Waals surface area contributed by atoms with E-state index in [4.69, 9.17) is 0 Å². The van der Waals surface area contributed by atoms with Crippen LogP contribution in [0.2, 0.25) is 0 Å². The fraction of sp³-hybridized carbons (Fsp3) is 0.727. The molecular weight excluding hydrogens is 162 g/mol. The Kier molecular flexibility index (Phi) is 3.12. The van der Waals surface area contributed by atoms with Crippen molar-refractivity contribution >= 4 is 5.91 Å². The molecule has 0 fully saturated rings. The number of amides is 1. The van der Waals surface area contributed by atoms with Gasteiger partial charge in [-0.15, -0.1) is 0 Å². The summed E-state index contributed by atoms with van der Waals surface area (Å²) in [5, 5.41) is 0. The summed E-state index contributed by atoms with van der Waals surface area (Å²) in [6.45, 7) is 9.02. The second-order valence-corrected chi connectivity index (χ2v) is 4.04. The molecule has 1 atom stereocenters. The highest BCUT2D eigenvalue weighted by molar-refractivity contribution is 5.74. The Bertz CT molecular complexity index is 230. The molecule has 0 bridgehead atoms. The number of carbonyl (C=O) groups excluding carboxylic acids is 1. The maximum atomic E-state index is 11.3. The predicted octanol–water partition coefficient (Wildman–Crippen LogP) is 2.21. The first-order valence-electron chi connectivity index (χ1n) is 5.01. The molecule has 1 aliphatic rings. The van der Waals surface area contributed by atoms with Gasteiger partial charge in [-0.3, -0.25) is 4.79 Å². The first-order chi connectivity index (χ1) is 6.04. The SMILES string of the molecule is CC(=O)N1CCC=C(C(C)C)[C@H]1C. The third-order valence-corrected chi connectivity index (χ3v) is 2.77. The van der Waals surface area contributed by atoms with E-state index in [9.17, 15) is 4.79 Å². The molecule has 0 saturated carbocycles. The highest BCUT2D eigenvalue weighted by Gasteiger charge is 2.24. The van der Waals surface area contributed by atoms with Crippen LogP contribution in [0.3, 0.4) is 0 Å². The van der Waals surface area contributed by atoms with Crippen molar-refractivity contribution in [2.75, 3.05) is 6.54 Å². The lowest BCUT2D eigenvalue weighted by atomic mass is 9.92. The second kappa shape index (κ2) is 3.95. The molecular formula is C11H19NO. The van der Waals surface area contributed by atoms with Crippen molar-refractivity contribution in [1.82, 2.24) is 4.90 Å². The Hall–Kier alpha value is -0.790. The van der Waals surface area contributed by atoms with E-state index in [0.717, 1.165) is 13.0 Å². The van der Waals surface area contributed by atoms with Crippen molar-refractivity contribution in [2.24, 2.45) is 5.92 Å². The number of nitrogens with zero attached hydrogens (tertiary/aromatic N) is 1. The van der Waals surface area contributed by atoms with Gasteiger partial charge in [0.15, 0.2) is 0 Å². The van der Waals surface area contributed by atoms with Crippen molar-refractivity contribution in [3.8, 4) is 0 Å². The Morgan fingerprint density at radius 2 is 2.23 bits per heavy atom. The monoisotopic (exact) mass is 181 g/mol. The average Bonchev–Trinajstić information content (AvgIpc) is 2.03. The van der Waals surface area contributed by atoms with Crippen LogP contribution >= 0.6 is 0 Å². The third kappa shape index (κ3) is 2.11. The maximum absolute atomic E-state index is 11.3. The van der Waals surface area contributed by atoms with Gasteiger partial charge in [-0.2, -0.15) is 0 Å². The van der Waals surface area contributed by atoms with Crippen molar-refractivity contribution in [3.05, 3.63) is 11.6 Å². The van der Waals surface area contributed by atoms with Gasteiger partial charge in [0.25, 0.3) is 0 Å². The molecule has 0 radical (unpaired) electrons. The van der Waals surface area contributed by atoms with Gasteiger partial charge in [0, 0.05) is 13.5 Å². The predicted molar refractivity (Wildman–Crippen MR) is 54.4 cm³/mol. The minimum atomic E-state index is 0.193. The summed E-state index contributed by atoms with van der Waals surface area (Å²) in [7, 11) is 0. The number of hydrogen-bond acceptors (Lipinski definition) is 1. The van der Waals surface area contributed by atoms with Crippen LogP contribution in [0.5, 0.6) is 0 Å². The third-order valence-electron chi connectivity index (χ3n) is 2.77. The number of hydrogen-bond donors (Lipinski definition) is 0. The number of carbonyl (C=O) groups is 1. The van der Waals surface area contributed by atoms with Gasteiger partial charge < -0.3 is 4.90 Å². The molecule has 0 aromatic heterocycles. The summed E-state index contributed by atoms with van der Waals surface area (Å²) >= 11 is 0. The zero-order valence-electron chi connectivity index (χ0n) is 9.00. The molecule has 1 rings (SSSR count). The van der Waals surface area contributed by atoms with Crippen molar-refractivity contribution in [1.29, 1.82) is 0 Å². The molecule has 1 amide bonds. The molecule has 0 spiro atoms. The fourth-order valence-corrected chi connectivity index (χ4v) is 2.06. The summed E-state index contributed by atoms with van der Waals surface area (Å²) in [6.07, 6.45) is 3.30. The van der Waals surface area contributed by atoms with Gasteiger partial charge in [0.1, 0.15) is 0 Å². The van der Waals surface area contributed by atoms with Gasteiger partial charge in [0.2, 0.25) is 5.91 Å². The van der Waals surface area contributed by atoms with E-state index in [1.807, 2.05) is 4.90 Å². The highest BCUT2D eigenvalue weighted by Crippen LogP contribution is 2.23. The van der Waals surface area contributed by atoms with Gasteiger partial charge in [0.05, 0.1) is 6.04 Å². The van der Waals surface area contributed by atoms with Gasteiger partial charge in [-0.05, 0) is 24.8 Å². The summed E-state index contributed by atoms with van der Waals surface area (Å²) in [6, 6.07) is 0.297. The molecule has 0 N–H and O–H groups in total. The molecule has 13 heavy (non-hydrogen) atoms. The Morgan fingerprint density at radius 3 is 2.69 bits per heavy atom. The molecule has 2 nitrogen and oxygen atoms in total. The molecule has 0 saturated heterocycles. The lowest BCUT2D eigenvalue weighted by Gasteiger charge is -2.35. The smallest absolute Gasteiger partial charge is 0.219 e. The van der Waals surface area contributed by atoms with E-state index in [-0.39, 0.29) is 5.91 Å². The normalized spacial score (nSPS) is 23.3. The van der Waals surface area contributed by atoms with Crippen LogP contribution in [0.15, 0.2) is 11.6 Å². The fourth-order valence-electron chi connectivity index (χ4n) is 2.06. The van der Waals surface area contributed by atoms with E-state index in [0.29, 0.717) is 12.0 Å². The highest BCUT2D eigenvalue weighted by atomic mass is 16.2. The van der Waals surface area contributed by atoms with Crippen LogP contribution in [0.1, 0.15) is 34.1 Å². The first-order valence-corrected chi connectivity index (χ1v) is 5.01. The Morgan fingerprint density at radius 1 is 1.62 bits per heavy atom. The van der Waals surface area contributed by atoms with E-state index in [1.165, 1.54) is 5.57 Å². The topological polar surface area (TPSA) is 20.3 Å². The van der Waals surface area contributed by atoms with Crippen molar-refractivity contribution < 1.29 is 4.79 Å². The lowest BCUT2D eigenvalue weighted by Crippen LogP contribution is -2.42. The summed E-state index contributed by atoms with van der Waals surface area (Å²) in [4.78, 5) is 13.2. The van der Waals surface area contributed by atoms with Crippen LogP contribution in [0.4, 0.5) is 0 Å². The summed E-state index contributed by atoms with van der Waals surface area (Å²) in [5.74, 6) is 0.746. The van der Waals surface area contributed by atoms with Gasteiger partial charge in [-0.25, -0.2) is 0 Å². The minimum absolute atomic E-state index is 0.193. The average molecular weight is 181 g/mol.